The van der Waals surface area contributed by atoms with E-state index in [1.807, 2.05) is 0 Å². The molecule has 8 heteroatoms. The highest BCUT2D eigenvalue weighted by atomic mass is 35.5. The average molecular weight is 339 g/mol. The first-order chi connectivity index (χ1) is 10.7. The van der Waals surface area contributed by atoms with Crippen molar-refractivity contribution < 1.29 is 14.3 Å². The summed E-state index contributed by atoms with van der Waals surface area (Å²) in [7, 11) is 1.33. The van der Waals surface area contributed by atoms with E-state index in [2.05, 4.69) is 20.6 Å². The zero-order valence-corrected chi connectivity index (χ0v) is 13.5. The first-order valence-electron chi connectivity index (χ1n) is 7.27. The van der Waals surface area contributed by atoms with Crippen LogP contribution in [0.15, 0.2) is 18.2 Å². The second-order valence-corrected chi connectivity index (χ2v) is 5.29. The SMILES string of the molecule is COC(=O)c1cccc2[nH]c(NC(=O)C3CCNCC3)nc12.Cl. The number of para-hydroxylation sites is 1. The van der Waals surface area contributed by atoms with Gasteiger partial charge < -0.3 is 15.0 Å². The molecule has 1 aromatic heterocycles. The highest BCUT2D eigenvalue weighted by Crippen LogP contribution is 2.20. The number of piperidine rings is 1. The van der Waals surface area contributed by atoms with Gasteiger partial charge in [-0.05, 0) is 38.1 Å². The Kier molecular flexibility index (Phi) is 5.57. The molecule has 23 heavy (non-hydrogen) atoms. The smallest absolute Gasteiger partial charge is 0.340 e. The molecule has 0 unspecified atom stereocenters. The maximum Gasteiger partial charge on any atom is 0.340 e. The molecule has 0 aliphatic carbocycles. The highest BCUT2D eigenvalue weighted by molar-refractivity contribution is 6.03. The average Bonchev–Trinajstić information content (AvgIpc) is 2.97. The van der Waals surface area contributed by atoms with Gasteiger partial charge in [0.1, 0.15) is 5.52 Å². The Bertz CT molecular complexity index is 710. The molecule has 2 heterocycles. The number of esters is 1. The van der Waals surface area contributed by atoms with E-state index in [1.54, 1.807) is 18.2 Å². The molecule has 0 saturated carbocycles. The van der Waals surface area contributed by atoms with Crippen LogP contribution in [-0.2, 0) is 9.53 Å². The Morgan fingerprint density at radius 3 is 2.74 bits per heavy atom. The van der Waals surface area contributed by atoms with Crippen molar-refractivity contribution in [3.05, 3.63) is 23.8 Å². The third-order valence-electron chi connectivity index (χ3n) is 3.87. The van der Waals surface area contributed by atoms with Crippen LogP contribution >= 0.6 is 12.4 Å². The molecule has 0 spiro atoms. The van der Waals surface area contributed by atoms with Crippen molar-refractivity contribution in [2.45, 2.75) is 12.8 Å². The molecule has 124 valence electrons. The van der Waals surface area contributed by atoms with Gasteiger partial charge >= 0.3 is 5.97 Å². The quantitative estimate of drug-likeness (QED) is 0.740. The van der Waals surface area contributed by atoms with Crippen molar-refractivity contribution in [2.75, 3.05) is 25.5 Å². The predicted octanol–water partition coefficient (Wildman–Crippen LogP) is 1.71. The van der Waals surface area contributed by atoms with Crippen LogP contribution in [0.4, 0.5) is 5.95 Å². The normalized spacial score (nSPS) is 15.0. The predicted molar refractivity (Wildman–Crippen MR) is 88.9 cm³/mol. The zero-order chi connectivity index (χ0) is 15.5. The van der Waals surface area contributed by atoms with Crippen LogP contribution in [0.5, 0.6) is 0 Å². The summed E-state index contributed by atoms with van der Waals surface area (Å²) in [5.41, 5.74) is 1.55. The van der Waals surface area contributed by atoms with Crippen LogP contribution in [0, 0.1) is 5.92 Å². The van der Waals surface area contributed by atoms with Crippen LogP contribution in [-0.4, -0.2) is 42.0 Å². The van der Waals surface area contributed by atoms with E-state index < -0.39 is 5.97 Å². The number of nitrogens with one attached hydrogen (secondary N) is 3. The van der Waals surface area contributed by atoms with Crippen molar-refractivity contribution in [2.24, 2.45) is 5.92 Å². The number of imidazole rings is 1. The number of hydrogen-bond acceptors (Lipinski definition) is 5. The number of anilines is 1. The van der Waals surface area contributed by atoms with Gasteiger partial charge in [-0.3, -0.25) is 10.1 Å². The fourth-order valence-corrected chi connectivity index (χ4v) is 2.67. The summed E-state index contributed by atoms with van der Waals surface area (Å²) in [6.07, 6.45) is 1.64. The number of benzene rings is 1. The summed E-state index contributed by atoms with van der Waals surface area (Å²) in [6, 6.07) is 5.19. The number of nitrogens with zero attached hydrogens (tertiary/aromatic N) is 1. The van der Waals surface area contributed by atoms with Crippen molar-refractivity contribution in [3.63, 3.8) is 0 Å². The fourth-order valence-electron chi connectivity index (χ4n) is 2.67. The van der Waals surface area contributed by atoms with Crippen LogP contribution < -0.4 is 10.6 Å². The summed E-state index contributed by atoms with van der Waals surface area (Å²) >= 11 is 0. The molecule has 7 nitrogen and oxygen atoms in total. The third-order valence-corrected chi connectivity index (χ3v) is 3.87. The first kappa shape index (κ1) is 17.2. The number of methoxy groups -OCH3 is 1. The maximum absolute atomic E-state index is 12.2. The summed E-state index contributed by atoms with van der Waals surface area (Å²) in [6.45, 7) is 1.70. The van der Waals surface area contributed by atoms with E-state index in [9.17, 15) is 9.59 Å². The highest BCUT2D eigenvalue weighted by Gasteiger charge is 2.22. The molecule has 3 rings (SSSR count). The van der Waals surface area contributed by atoms with Crippen molar-refractivity contribution in [1.82, 2.24) is 15.3 Å². The van der Waals surface area contributed by atoms with E-state index in [0.29, 0.717) is 22.5 Å². The minimum absolute atomic E-state index is 0. The molecular weight excluding hydrogens is 320 g/mol. The maximum atomic E-state index is 12.2. The lowest BCUT2D eigenvalue weighted by molar-refractivity contribution is -0.120. The number of carbonyl (C=O) groups excluding carboxylic acids is 2. The zero-order valence-electron chi connectivity index (χ0n) is 12.7. The Morgan fingerprint density at radius 1 is 1.30 bits per heavy atom. The third kappa shape index (κ3) is 3.62. The van der Waals surface area contributed by atoms with Crippen LogP contribution in [0.2, 0.25) is 0 Å². The van der Waals surface area contributed by atoms with E-state index in [1.165, 1.54) is 7.11 Å². The monoisotopic (exact) mass is 338 g/mol. The Hall–Kier alpha value is -2.12. The van der Waals surface area contributed by atoms with E-state index in [-0.39, 0.29) is 24.2 Å². The first-order valence-corrected chi connectivity index (χ1v) is 7.27. The minimum Gasteiger partial charge on any atom is -0.465 e. The summed E-state index contributed by atoms with van der Waals surface area (Å²) in [4.78, 5) is 31.3. The Balaban J connectivity index is 0.00000192. The number of aromatic nitrogens is 2. The number of rotatable bonds is 3. The molecule has 1 aromatic carbocycles. The molecular formula is C15H19ClN4O3. The number of halogens is 1. The molecule has 1 aliphatic rings. The van der Waals surface area contributed by atoms with E-state index in [4.69, 9.17) is 4.74 Å². The number of carbonyl (C=O) groups is 2. The Labute approximate surface area is 139 Å². The van der Waals surface area contributed by atoms with Gasteiger partial charge in [-0.15, -0.1) is 12.4 Å². The number of aromatic amines is 1. The lowest BCUT2D eigenvalue weighted by Gasteiger charge is -2.21. The number of hydrogen-bond donors (Lipinski definition) is 3. The van der Waals surface area contributed by atoms with Gasteiger partial charge in [0.2, 0.25) is 11.9 Å². The number of amides is 1. The molecule has 0 radical (unpaired) electrons. The molecule has 0 bridgehead atoms. The van der Waals surface area contributed by atoms with E-state index >= 15 is 0 Å². The number of H-pyrrole nitrogens is 1. The lowest BCUT2D eigenvalue weighted by atomic mass is 9.97. The standard InChI is InChI=1S/C15H18N4O3.ClH/c1-22-14(21)10-3-2-4-11-12(10)18-15(17-11)19-13(20)9-5-7-16-8-6-9;/h2-4,9,16H,5-8H2,1H3,(H2,17,18,19,20);1H. The Morgan fingerprint density at radius 2 is 2.04 bits per heavy atom. The fraction of sp³-hybridized carbons (Fsp3) is 0.400. The molecule has 3 N–H and O–H groups in total. The van der Waals surface area contributed by atoms with Crippen LogP contribution in [0.3, 0.4) is 0 Å². The van der Waals surface area contributed by atoms with Gasteiger partial charge in [0.15, 0.2) is 0 Å². The molecule has 1 fully saturated rings. The lowest BCUT2D eigenvalue weighted by Crippen LogP contribution is -2.34. The van der Waals surface area contributed by atoms with Gasteiger partial charge in [0.05, 0.1) is 18.2 Å². The summed E-state index contributed by atoms with van der Waals surface area (Å²) in [5, 5.41) is 6.03. The van der Waals surface area contributed by atoms with E-state index in [0.717, 1.165) is 25.9 Å². The number of fused-ring (bicyclic) bond motifs is 1. The van der Waals surface area contributed by atoms with Crippen molar-refractivity contribution in [1.29, 1.82) is 0 Å². The molecule has 2 aromatic rings. The van der Waals surface area contributed by atoms with Gasteiger partial charge in [-0.1, -0.05) is 6.07 Å². The van der Waals surface area contributed by atoms with Gasteiger partial charge in [0, 0.05) is 5.92 Å². The number of ether oxygens (including phenoxy) is 1. The molecule has 1 aliphatic heterocycles. The van der Waals surface area contributed by atoms with Crippen LogP contribution in [0.25, 0.3) is 11.0 Å². The summed E-state index contributed by atoms with van der Waals surface area (Å²) < 4.78 is 4.74. The second-order valence-electron chi connectivity index (χ2n) is 5.29. The second kappa shape index (κ2) is 7.43. The van der Waals surface area contributed by atoms with Gasteiger partial charge in [-0.2, -0.15) is 0 Å². The van der Waals surface area contributed by atoms with Crippen molar-refractivity contribution >= 4 is 41.3 Å². The van der Waals surface area contributed by atoms with Gasteiger partial charge in [-0.25, -0.2) is 9.78 Å². The molecule has 0 atom stereocenters. The topological polar surface area (TPSA) is 96.1 Å². The van der Waals surface area contributed by atoms with Crippen LogP contribution in [0.1, 0.15) is 23.2 Å². The van der Waals surface area contributed by atoms with Crippen molar-refractivity contribution in [3.8, 4) is 0 Å². The molecule has 1 amide bonds. The summed E-state index contributed by atoms with van der Waals surface area (Å²) in [5.74, 6) is -0.141. The largest absolute Gasteiger partial charge is 0.465 e. The minimum atomic E-state index is -0.451. The van der Waals surface area contributed by atoms with Gasteiger partial charge in [0.25, 0.3) is 0 Å². The molecule has 1 saturated heterocycles.